The molecule has 0 amide bonds. The van der Waals surface area contributed by atoms with Crippen molar-refractivity contribution in [1.29, 1.82) is 0 Å². The van der Waals surface area contributed by atoms with Crippen molar-refractivity contribution in [2.24, 2.45) is 23.7 Å². The van der Waals surface area contributed by atoms with E-state index in [2.05, 4.69) is 0 Å². The molecule has 32 heavy (non-hydrogen) atoms. The molecular formula is C25H34O7. The van der Waals surface area contributed by atoms with E-state index in [0.717, 1.165) is 18.4 Å². The average Bonchev–Trinajstić information content (AvgIpc) is 3.19. The maximum Gasteiger partial charge on any atom is 0.333 e. The highest BCUT2D eigenvalue weighted by molar-refractivity contribution is 5.94. The number of ketones is 1. The molecule has 5 rings (SSSR count). The summed E-state index contributed by atoms with van der Waals surface area (Å²) in [5.74, 6) is -4.02. The molecule has 5 aliphatic rings. The van der Waals surface area contributed by atoms with E-state index in [-0.39, 0.29) is 30.0 Å². The van der Waals surface area contributed by atoms with Crippen molar-refractivity contribution in [2.75, 3.05) is 0 Å². The summed E-state index contributed by atoms with van der Waals surface area (Å²) in [5, 5.41) is 23.1. The molecule has 2 bridgehead atoms. The lowest BCUT2D eigenvalue weighted by Crippen LogP contribution is -2.74. The fourth-order valence-electron chi connectivity index (χ4n) is 7.55. The van der Waals surface area contributed by atoms with Crippen molar-refractivity contribution in [3.8, 4) is 0 Å². The molecule has 3 aliphatic heterocycles. The lowest BCUT2D eigenvalue weighted by molar-refractivity contribution is -0.297. The minimum atomic E-state index is -1.90. The number of rotatable bonds is 2. The second kappa shape index (κ2) is 6.53. The number of ether oxygens (including phenoxy) is 3. The maximum atomic E-state index is 14.0. The van der Waals surface area contributed by atoms with Crippen molar-refractivity contribution in [3.63, 3.8) is 0 Å². The highest BCUT2D eigenvalue weighted by Gasteiger charge is 2.80. The molecular weight excluding hydrogens is 412 g/mol. The molecule has 2 saturated heterocycles. The van der Waals surface area contributed by atoms with Gasteiger partial charge in [-0.15, -0.1) is 0 Å². The zero-order valence-electron chi connectivity index (χ0n) is 19.7. The first kappa shape index (κ1) is 22.3. The second-order valence-corrected chi connectivity index (χ2v) is 11.2. The molecule has 0 aromatic carbocycles. The van der Waals surface area contributed by atoms with Gasteiger partial charge in [-0.2, -0.15) is 0 Å². The molecule has 2 saturated carbocycles. The minimum absolute atomic E-state index is 0.132. The Morgan fingerprint density at radius 2 is 1.84 bits per heavy atom. The van der Waals surface area contributed by atoms with Crippen LogP contribution in [0.2, 0.25) is 0 Å². The van der Waals surface area contributed by atoms with Crippen LogP contribution in [-0.4, -0.2) is 56.8 Å². The average molecular weight is 447 g/mol. The quantitative estimate of drug-likeness (QED) is 0.496. The summed E-state index contributed by atoms with van der Waals surface area (Å²) in [6.07, 6.45) is 3.52. The molecule has 176 valence electrons. The predicted octanol–water partition coefficient (Wildman–Crippen LogP) is 2.44. The highest BCUT2D eigenvalue weighted by Crippen LogP contribution is 2.66. The molecule has 0 aromatic rings. The van der Waals surface area contributed by atoms with Crippen LogP contribution in [0.15, 0.2) is 23.3 Å². The molecule has 7 heteroatoms. The summed E-state index contributed by atoms with van der Waals surface area (Å²) in [6, 6.07) is 0. The van der Waals surface area contributed by atoms with Gasteiger partial charge < -0.3 is 24.4 Å². The Hall–Kier alpha value is -1.54. The highest BCUT2D eigenvalue weighted by atomic mass is 16.7. The van der Waals surface area contributed by atoms with Crippen LogP contribution >= 0.6 is 0 Å². The van der Waals surface area contributed by atoms with Crippen molar-refractivity contribution in [3.05, 3.63) is 23.3 Å². The number of aliphatic hydroxyl groups is 2. The van der Waals surface area contributed by atoms with Gasteiger partial charge in [0.15, 0.2) is 5.78 Å². The molecule has 4 fully saturated rings. The normalized spacial score (nSPS) is 54.1. The third kappa shape index (κ3) is 2.46. The first-order valence-electron chi connectivity index (χ1n) is 11.7. The standard InChI is InChI=1S/C25H34O7/c1-12(2)9-17-24-15(5)16-8-7-13(3)23(16,28)21(27)20(24)22(6,30-17)11-18(31-24)25(29)14(4)10-19(26)32-25/h9-10,13,15-18,20,28-29H,7-8,11H2,1-6H3/t13-,15-,16-,17+,18+,20-,22-,23+,24-,25+/m0/s1. The van der Waals surface area contributed by atoms with Gasteiger partial charge in [0.1, 0.15) is 23.4 Å². The molecule has 0 aromatic heterocycles. The summed E-state index contributed by atoms with van der Waals surface area (Å²) in [4.78, 5) is 26.0. The van der Waals surface area contributed by atoms with Crippen LogP contribution < -0.4 is 0 Å². The van der Waals surface area contributed by atoms with E-state index in [9.17, 15) is 19.8 Å². The zero-order valence-corrected chi connectivity index (χ0v) is 19.7. The first-order chi connectivity index (χ1) is 14.8. The van der Waals surface area contributed by atoms with E-state index in [4.69, 9.17) is 14.2 Å². The Morgan fingerprint density at radius 3 is 2.44 bits per heavy atom. The fourth-order valence-corrected chi connectivity index (χ4v) is 7.55. The van der Waals surface area contributed by atoms with Crippen LogP contribution in [-0.2, 0) is 23.8 Å². The Morgan fingerprint density at radius 1 is 1.16 bits per heavy atom. The molecule has 10 atom stereocenters. The van der Waals surface area contributed by atoms with E-state index in [1.807, 2.05) is 40.7 Å². The molecule has 2 N–H and O–H groups in total. The second-order valence-electron chi connectivity index (χ2n) is 11.2. The van der Waals surface area contributed by atoms with Gasteiger partial charge in [0.2, 0.25) is 0 Å². The number of cyclic esters (lactones) is 1. The topological polar surface area (TPSA) is 102 Å². The predicted molar refractivity (Wildman–Crippen MR) is 114 cm³/mol. The van der Waals surface area contributed by atoms with E-state index in [1.165, 1.54) is 6.08 Å². The Labute approximate surface area is 188 Å². The number of carbonyl (C=O) groups excluding carboxylic acids is 2. The summed E-state index contributed by atoms with van der Waals surface area (Å²) >= 11 is 0. The summed E-state index contributed by atoms with van der Waals surface area (Å²) in [6.45, 7) is 11.4. The van der Waals surface area contributed by atoms with Crippen LogP contribution in [0.5, 0.6) is 0 Å². The van der Waals surface area contributed by atoms with E-state index >= 15 is 0 Å². The van der Waals surface area contributed by atoms with Crippen molar-refractivity contribution >= 4 is 11.8 Å². The molecule has 2 aliphatic carbocycles. The number of carbonyl (C=O) groups is 2. The van der Waals surface area contributed by atoms with Gasteiger partial charge in [-0.3, -0.25) is 4.79 Å². The lowest BCUT2D eigenvalue weighted by atomic mass is 9.51. The summed E-state index contributed by atoms with van der Waals surface area (Å²) in [7, 11) is 0. The zero-order chi connectivity index (χ0) is 23.4. The molecule has 0 radical (unpaired) electrons. The van der Waals surface area contributed by atoms with E-state index in [1.54, 1.807) is 6.92 Å². The first-order valence-corrected chi connectivity index (χ1v) is 11.7. The van der Waals surface area contributed by atoms with E-state index in [0.29, 0.717) is 5.57 Å². The van der Waals surface area contributed by atoms with Gasteiger partial charge in [0.05, 0.1) is 11.5 Å². The van der Waals surface area contributed by atoms with Gasteiger partial charge in [-0.05, 0) is 52.4 Å². The van der Waals surface area contributed by atoms with Gasteiger partial charge in [0.25, 0.3) is 5.79 Å². The Balaban J connectivity index is 1.68. The van der Waals surface area contributed by atoms with E-state index < -0.39 is 46.7 Å². The molecule has 0 spiro atoms. The molecule has 7 nitrogen and oxygen atoms in total. The van der Waals surface area contributed by atoms with Crippen LogP contribution in [0.25, 0.3) is 0 Å². The number of esters is 1. The van der Waals surface area contributed by atoms with Gasteiger partial charge in [0, 0.05) is 24.0 Å². The SMILES string of the molecule is CC(C)=C[C@H]1O[C@@]2(C)C[C@H]([C@]3(O)OC(=O)C=C3C)O[C@]13[C@H]2C(=O)[C@@]1(O)[C@@H](C)CC[C@H]1[C@@H]3C. The summed E-state index contributed by atoms with van der Waals surface area (Å²) < 4.78 is 18.7. The minimum Gasteiger partial charge on any atom is -0.423 e. The summed E-state index contributed by atoms with van der Waals surface area (Å²) in [5.41, 5.74) is -2.05. The number of Topliss-reactive ketones (excluding diaryl/α,β-unsaturated/α-hetero) is 1. The van der Waals surface area contributed by atoms with Crippen molar-refractivity contribution in [1.82, 2.24) is 0 Å². The largest absolute Gasteiger partial charge is 0.423 e. The third-order valence-electron chi connectivity index (χ3n) is 9.12. The lowest BCUT2D eigenvalue weighted by Gasteiger charge is -2.59. The van der Waals surface area contributed by atoms with Gasteiger partial charge in [-0.1, -0.05) is 25.5 Å². The molecule has 0 unspecified atom stereocenters. The Bertz CT molecular complexity index is 950. The van der Waals surface area contributed by atoms with Crippen molar-refractivity contribution in [2.45, 2.75) is 95.6 Å². The molecule has 3 heterocycles. The Kier molecular flexibility index (Phi) is 4.54. The number of hydrogen-bond acceptors (Lipinski definition) is 7. The number of hydrogen-bond donors (Lipinski definition) is 2. The van der Waals surface area contributed by atoms with Gasteiger partial charge in [-0.25, -0.2) is 4.79 Å². The number of fused-ring (bicyclic) bond motifs is 1. The fraction of sp³-hybridized carbons (Fsp3) is 0.760. The third-order valence-corrected chi connectivity index (χ3v) is 9.12. The van der Waals surface area contributed by atoms with Gasteiger partial charge >= 0.3 is 5.97 Å². The van der Waals surface area contributed by atoms with Crippen LogP contribution in [0, 0.1) is 23.7 Å². The monoisotopic (exact) mass is 446 g/mol. The smallest absolute Gasteiger partial charge is 0.333 e. The maximum absolute atomic E-state index is 14.0. The van der Waals surface area contributed by atoms with Crippen molar-refractivity contribution < 1.29 is 34.0 Å². The van der Waals surface area contributed by atoms with Crippen LogP contribution in [0.1, 0.15) is 60.8 Å². The van der Waals surface area contributed by atoms with Crippen LogP contribution in [0.4, 0.5) is 0 Å². The number of allylic oxidation sites excluding steroid dienone is 1. The van der Waals surface area contributed by atoms with Crippen LogP contribution in [0.3, 0.4) is 0 Å².